The zero-order valence-corrected chi connectivity index (χ0v) is 10.4. The maximum absolute atomic E-state index is 11.9. The Morgan fingerprint density at radius 1 is 1.41 bits per heavy atom. The summed E-state index contributed by atoms with van der Waals surface area (Å²) in [5, 5.41) is 2.66. The minimum atomic E-state index is -0.947. The Balaban J connectivity index is 2.97. The number of hydrogen-bond donors (Lipinski definition) is 1. The van der Waals surface area contributed by atoms with Gasteiger partial charge in [0.1, 0.15) is 5.60 Å². The topological polar surface area (TPSA) is 68.3 Å². The highest BCUT2D eigenvalue weighted by atomic mass is 16.5. The van der Waals surface area contributed by atoms with Crippen LogP contribution in [0, 0.1) is 0 Å². The molecule has 1 aromatic rings. The first-order valence-electron chi connectivity index (χ1n) is 5.20. The summed E-state index contributed by atoms with van der Waals surface area (Å²) in [4.78, 5) is 27.1. The molecule has 0 saturated carbocycles. The van der Waals surface area contributed by atoms with Crippen LogP contribution in [0.1, 0.15) is 31.1 Å². The van der Waals surface area contributed by atoms with Crippen LogP contribution in [0.4, 0.5) is 5.69 Å². The van der Waals surface area contributed by atoms with E-state index in [0.29, 0.717) is 11.3 Å². The molecule has 0 spiro atoms. The molecule has 1 N–H and O–H groups in total. The number of carbonyl (C=O) groups is 2. The summed E-state index contributed by atoms with van der Waals surface area (Å²) >= 11 is 0. The molecule has 0 aliphatic rings. The first kappa shape index (κ1) is 13.3. The number of pyridine rings is 1. The van der Waals surface area contributed by atoms with Crippen molar-refractivity contribution in [2.75, 3.05) is 12.4 Å². The van der Waals surface area contributed by atoms with Crippen molar-refractivity contribution in [1.29, 1.82) is 0 Å². The zero-order valence-electron chi connectivity index (χ0n) is 10.4. The van der Waals surface area contributed by atoms with E-state index in [4.69, 9.17) is 4.74 Å². The summed E-state index contributed by atoms with van der Waals surface area (Å²) < 4.78 is 5.06. The van der Waals surface area contributed by atoms with Crippen molar-refractivity contribution < 1.29 is 14.3 Å². The van der Waals surface area contributed by atoms with Gasteiger partial charge in [0.15, 0.2) is 5.78 Å². The van der Waals surface area contributed by atoms with E-state index in [1.165, 1.54) is 26.4 Å². The standard InChI is InChI=1S/C12H16N2O3/c1-8(15)9-7-13-6-5-10(9)14-11(16)12(2,3)17-4/h5-7H,1-4H3,(H,13,14,16). The predicted molar refractivity (Wildman–Crippen MR) is 64.0 cm³/mol. The molecule has 0 saturated heterocycles. The molecule has 5 nitrogen and oxygen atoms in total. The molecule has 1 rings (SSSR count). The average molecular weight is 236 g/mol. The van der Waals surface area contributed by atoms with Crippen LogP contribution >= 0.6 is 0 Å². The van der Waals surface area contributed by atoms with Crippen molar-refractivity contribution in [2.45, 2.75) is 26.4 Å². The van der Waals surface area contributed by atoms with Crippen LogP contribution in [-0.4, -0.2) is 29.4 Å². The molecule has 0 bridgehead atoms. The molecule has 17 heavy (non-hydrogen) atoms. The second-order valence-corrected chi connectivity index (χ2v) is 4.15. The Labute approximate surface area is 100 Å². The minimum absolute atomic E-state index is 0.149. The SMILES string of the molecule is COC(C)(C)C(=O)Nc1ccncc1C(C)=O. The lowest BCUT2D eigenvalue weighted by Crippen LogP contribution is -2.39. The lowest BCUT2D eigenvalue weighted by atomic mass is 10.1. The van der Waals surface area contributed by atoms with Gasteiger partial charge in [-0.1, -0.05) is 0 Å². The molecule has 1 heterocycles. The number of nitrogens with one attached hydrogen (secondary N) is 1. The number of amides is 1. The van der Waals surface area contributed by atoms with Gasteiger partial charge in [0.25, 0.3) is 5.91 Å². The second kappa shape index (κ2) is 5.05. The lowest BCUT2D eigenvalue weighted by Gasteiger charge is -2.22. The van der Waals surface area contributed by atoms with Gasteiger partial charge in [0.05, 0.1) is 11.3 Å². The molecule has 92 valence electrons. The maximum atomic E-state index is 11.9. The van der Waals surface area contributed by atoms with Crippen molar-refractivity contribution in [3.05, 3.63) is 24.0 Å². The van der Waals surface area contributed by atoms with E-state index < -0.39 is 5.60 Å². The van der Waals surface area contributed by atoms with Crippen LogP contribution < -0.4 is 5.32 Å². The van der Waals surface area contributed by atoms with Crippen LogP contribution in [0.5, 0.6) is 0 Å². The summed E-state index contributed by atoms with van der Waals surface area (Å²) in [6, 6.07) is 1.58. The van der Waals surface area contributed by atoms with Gasteiger partial charge in [0.2, 0.25) is 0 Å². The van der Waals surface area contributed by atoms with Gasteiger partial charge in [-0.2, -0.15) is 0 Å². The van der Waals surface area contributed by atoms with Gasteiger partial charge < -0.3 is 10.1 Å². The number of anilines is 1. The smallest absolute Gasteiger partial charge is 0.256 e. The summed E-state index contributed by atoms with van der Waals surface area (Å²) in [7, 11) is 1.46. The van der Waals surface area contributed by atoms with Crippen LogP contribution in [0.2, 0.25) is 0 Å². The Morgan fingerprint density at radius 2 is 2.06 bits per heavy atom. The highest BCUT2D eigenvalue weighted by Crippen LogP contribution is 2.17. The number of ether oxygens (including phenoxy) is 1. The Kier molecular flexibility index (Phi) is 3.96. The highest BCUT2D eigenvalue weighted by molar-refractivity contribution is 6.05. The van der Waals surface area contributed by atoms with Gasteiger partial charge in [-0.05, 0) is 26.8 Å². The van der Waals surface area contributed by atoms with E-state index in [2.05, 4.69) is 10.3 Å². The first-order valence-corrected chi connectivity index (χ1v) is 5.20. The molecule has 0 atom stereocenters. The number of ketones is 1. The molecule has 0 aliphatic carbocycles. The Morgan fingerprint density at radius 3 is 2.59 bits per heavy atom. The Hall–Kier alpha value is -1.75. The van der Waals surface area contributed by atoms with Crippen LogP contribution in [0.25, 0.3) is 0 Å². The van der Waals surface area contributed by atoms with Crippen molar-refractivity contribution in [3.8, 4) is 0 Å². The van der Waals surface area contributed by atoms with E-state index in [9.17, 15) is 9.59 Å². The second-order valence-electron chi connectivity index (χ2n) is 4.15. The molecule has 5 heteroatoms. The molecule has 0 aliphatic heterocycles. The van der Waals surface area contributed by atoms with Gasteiger partial charge in [-0.15, -0.1) is 0 Å². The fraction of sp³-hybridized carbons (Fsp3) is 0.417. The van der Waals surface area contributed by atoms with E-state index >= 15 is 0 Å². The fourth-order valence-corrected chi connectivity index (χ4v) is 1.15. The highest BCUT2D eigenvalue weighted by Gasteiger charge is 2.27. The lowest BCUT2D eigenvalue weighted by molar-refractivity contribution is -0.133. The first-order chi connectivity index (χ1) is 7.88. The number of carbonyl (C=O) groups excluding carboxylic acids is 2. The monoisotopic (exact) mass is 236 g/mol. The molecule has 1 aromatic heterocycles. The zero-order chi connectivity index (χ0) is 13.1. The summed E-state index contributed by atoms with van der Waals surface area (Å²) in [6.45, 7) is 4.72. The van der Waals surface area contributed by atoms with Gasteiger partial charge >= 0.3 is 0 Å². The van der Waals surface area contributed by atoms with Gasteiger partial charge in [0, 0.05) is 19.5 Å². The van der Waals surface area contributed by atoms with E-state index in [1.54, 1.807) is 19.9 Å². The molecule has 1 amide bonds. The fourth-order valence-electron chi connectivity index (χ4n) is 1.15. The van der Waals surface area contributed by atoms with Crippen molar-refractivity contribution in [1.82, 2.24) is 4.98 Å². The number of Topliss-reactive ketones (excluding diaryl/α,β-unsaturated/α-hetero) is 1. The van der Waals surface area contributed by atoms with Gasteiger partial charge in [-0.25, -0.2) is 0 Å². The number of methoxy groups -OCH3 is 1. The third-order valence-electron chi connectivity index (χ3n) is 2.51. The summed E-state index contributed by atoms with van der Waals surface area (Å²) in [5.41, 5.74) is -0.118. The average Bonchev–Trinajstić information content (AvgIpc) is 2.29. The maximum Gasteiger partial charge on any atom is 0.256 e. The van der Waals surface area contributed by atoms with Crippen LogP contribution in [0.3, 0.4) is 0 Å². The molecule has 0 fully saturated rings. The van der Waals surface area contributed by atoms with Crippen molar-refractivity contribution in [2.24, 2.45) is 0 Å². The predicted octanol–water partition coefficient (Wildman–Crippen LogP) is 1.65. The number of hydrogen-bond acceptors (Lipinski definition) is 4. The number of aromatic nitrogens is 1. The van der Waals surface area contributed by atoms with E-state index in [1.807, 2.05) is 0 Å². The normalized spacial score (nSPS) is 11.1. The van der Waals surface area contributed by atoms with E-state index in [0.717, 1.165) is 0 Å². The van der Waals surface area contributed by atoms with Gasteiger partial charge in [-0.3, -0.25) is 14.6 Å². The number of nitrogens with zero attached hydrogens (tertiary/aromatic N) is 1. The minimum Gasteiger partial charge on any atom is -0.369 e. The van der Waals surface area contributed by atoms with Crippen molar-refractivity contribution >= 4 is 17.4 Å². The third kappa shape index (κ3) is 3.10. The molecule has 0 radical (unpaired) electrons. The molecule has 0 unspecified atom stereocenters. The Bertz CT molecular complexity index is 441. The quantitative estimate of drug-likeness (QED) is 0.807. The number of rotatable bonds is 4. The third-order valence-corrected chi connectivity index (χ3v) is 2.51. The van der Waals surface area contributed by atoms with E-state index in [-0.39, 0.29) is 11.7 Å². The largest absolute Gasteiger partial charge is 0.369 e. The summed E-state index contributed by atoms with van der Waals surface area (Å²) in [5.74, 6) is -0.461. The van der Waals surface area contributed by atoms with Crippen molar-refractivity contribution in [3.63, 3.8) is 0 Å². The molecular weight excluding hydrogens is 220 g/mol. The van der Waals surface area contributed by atoms with Crippen LogP contribution in [0.15, 0.2) is 18.5 Å². The van der Waals surface area contributed by atoms with Crippen LogP contribution in [-0.2, 0) is 9.53 Å². The molecule has 0 aromatic carbocycles. The molecular formula is C12H16N2O3. The summed E-state index contributed by atoms with van der Waals surface area (Å²) in [6.07, 6.45) is 2.94.